The summed E-state index contributed by atoms with van der Waals surface area (Å²) in [6, 6.07) is 10.8. The average Bonchev–Trinajstić information content (AvgIpc) is 2.86. The van der Waals surface area contributed by atoms with E-state index in [4.69, 9.17) is 32.7 Å². The van der Waals surface area contributed by atoms with E-state index >= 15 is 0 Å². The van der Waals surface area contributed by atoms with Crippen LogP contribution in [-0.2, 0) is 0 Å². The van der Waals surface area contributed by atoms with E-state index in [1.165, 1.54) is 50.6 Å². The van der Waals surface area contributed by atoms with E-state index in [9.17, 15) is 29.8 Å². The van der Waals surface area contributed by atoms with Crippen LogP contribution in [0, 0.1) is 20.2 Å². The Hall–Kier alpha value is -4.42. The van der Waals surface area contributed by atoms with Crippen LogP contribution in [0.15, 0.2) is 54.6 Å². The number of nitrogens with zero attached hydrogens (tertiary/aromatic N) is 3. The Bertz CT molecular complexity index is 1380. The maximum absolute atomic E-state index is 13.6. The van der Waals surface area contributed by atoms with Gasteiger partial charge in [0.2, 0.25) is 0 Å². The van der Waals surface area contributed by atoms with Crippen LogP contribution in [0.3, 0.4) is 0 Å². The van der Waals surface area contributed by atoms with Crippen molar-refractivity contribution in [3.63, 3.8) is 0 Å². The molecule has 1 N–H and O–H groups in total. The number of hydrogen-bond donors (Lipinski definition) is 1. The molecule has 3 aromatic rings. The monoisotopic (exact) mass is 534 g/mol. The number of amides is 2. The van der Waals surface area contributed by atoms with Crippen LogP contribution < -0.4 is 19.9 Å². The SMILES string of the molecule is COc1ccc(Cl)cc1C(=O)NN(C(=O)c1cc(Cl)ccc1OC)c1ccc([N+](=O)[O-])cc1[N+](=O)[O-]. The molecule has 0 saturated heterocycles. The molecule has 3 aromatic carbocycles. The Labute approximate surface area is 213 Å². The Morgan fingerprint density at radius 2 is 1.39 bits per heavy atom. The van der Waals surface area contributed by atoms with Gasteiger partial charge in [-0.15, -0.1) is 0 Å². The van der Waals surface area contributed by atoms with Gasteiger partial charge in [-0.2, -0.15) is 0 Å². The Morgan fingerprint density at radius 3 is 1.92 bits per heavy atom. The van der Waals surface area contributed by atoms with Gasteiger partial charge >= 0.3 is 5.69 Å². The standard InChI is InChI=1S/C22H16Cl2N4O8/c1-35-19-7-3-12(23)9-15(19)21(29)25-26(22(30)16-10-13(24)4-8-20(16)36-2)17-6-5-14(27(31)32)11-18(17)28(33)34/h3-11H,1-2H3,(H,25,29). The second kappa shape index (κ2) is 10.9. The summed E-state index contributed by atoms with van der Waals surface area (Å²) in [6.45, 7) is 0. The van der Waals surface area contributed by atoms with Crippen molar-refractivity contribution in [3.05, 3.63) is 96.0 Å². The van der Waals surface area contributed by atoms with Crippen LogP contribution in [0.4, 0.5) is 17.1 Å². The summed E-state index contributed by atoms with van der Waals surface area (Å²) < 4.78 is 10.4. The number of rotatable bonds is 7. The van der Waals surface area contributed by atoms with Crippen molar-refractivity contribution in [2.24, 2.45) is 0 Å². The summed E-state index contributed by atoms with van der Waals surface area (Å²) in [5, 5.41) is 23.8. The lowest BCUT2D eigenvalue weighted by Crippen LogP contribution is -2.47. The fourth-order valence-corrected chi connectivity index (χ4v) is 3.51. The lowest BCUT2D eigenvalue weighted by atomic mass is 10.1. The van der Waals surface area contributed by atoms with Crippen molar-refractivity contribution >= 4 is 52.1 Å². The minimum Gasteiger partial charge on any atom is -0.496 e. The molecule has 36 heavy (non-hydrogen) atoms. The van der Waals surface area contributed by atoms with Crippen molar-refractivity contribution in [3.8, 4) is 11.5 Å². The predicted octanol–water partition coefficient (Wildman–Crippen LogP) is 4.82. The third-order valence-electron chi connectivity index (χ3n) is 4.82. The number of carbonyl (C=O) groups excluding carboxylic acids is 2. The fraction of sp³-hybridized carbons (Fsp3) is 0.0909. The molecular formula is C22H16Cl2N4O8. The lowest BCUT2D eigenvalue weighted by molar-refractivity contribution is -0.393. The number of benzene rings is 3. The van der Waals surface area contributed by atoms with Gasteiger partial charge in [0.1, 0.15) is 17.2 Å². The smallest absolute Gasteiger partial charge is 0.301 e. The number of nitro benzene ring substituents is 2. The van der Waals surface area contributed by atoms with Crippen LogP contribution in [0.2, 0.25) is 10.0 Å². The molecule has 0 heterocycles. The highest BCUT2D eigenvalue weighted by Gasteiger charge is 2.32. The number of carbonyl (C=O) groups is 2. The van der Waals surface area contributed by atoms with Gasteiger partial charge in [-0.05, 0) is 42.5 Å². The number of ether oxygens (including phenoxy) is 2. The minimum atomic E-state index is -0.986. The highest BCUT2D eigenvalue weighted by molar-refractivity contribution is 6.31. The Balaban J connectivity index is 2.21. The number of nitro groups is 2. The van der Waals surface area contributed by atoms with Gasteiger partial charge in [-0.25, -0.2) is 5.01 Å². The van der Waals surface area contributed by atoms with E-state index < -0.39 is 38.7 Å². The van der Waals surface area contributed by atoms with Crippen LogP contribution in [0.5, 0.6) is 11.5 Å². The lowest BCUT2D eigenvalue weighted by Gasteiger charge is -2.24. The second-order valence-corrected chi connectivity index (χ2v) is 7.83. The molecule has 0 radical (unpaired) electrons. The van der Waals surface area contributed by atoms with Crippen LogP contribution in [0.1, 0.15) is 20.7 Å². The molecular weight excluding hydrogens is 519 g/mol. The molecule has 3 rings (SSSR count). The highest BCUT2D eigenvalue weighted by atomic mass is 35.5. The van der Waals surface area contributed by atoms with Gasteiger partial charge in [0.05, 0.1) is 41.3 Å². The number of anilines is 1. The summed E-state index contributed by atoms with van der Waals surface area (Å²) in [6.07, 6.45) is 0. The molecule has 12 nitrogen and oxygen atoms in total. The molecule has 0 aliphatic rings. The first-order valence-electron chi connectivity index (χ1n) is 9.82. The van der Waals surface area contributed by atoms with Crippen LogP contribution in [0.25, 0.3) is 0 Å². The topological polar surface area (TPSA) is 154 Å². The number of nitrogens with one attached hydrogen (secondary N) is 1. The molecule has 14 heteroatoms. The van der Waals surface area contributed by atoms with Crippen LogP contribution in [-0.4, -0.2) is 35.9 Å². The number of non-ortho nitro benzene ring substituents is 1. The molecule has 0 fully saturated rings. The summed E-state index contributed by atoms with van der Waals surface area (Å²) in [5.74, 6) is -1.76. The molecule has 0 aliphatic carbocycles. The maximum Gasteiger partial charge on any atom is 0.301 e. The Kier molecular flexibility index (Phi) is 7.92. The number of halogens is 2. The van der Waals surface area contributed by atoms with Crippen molar-refractivity contribution in [2.45, 2.75) is 0 Å². The van der Waals surface area contributed by atoms with E-state index in [-0.39, 0.29) is 32.7 Å². The van der Waals surface area contributed by atoms with Crippen molar-refractivity contribution in [1.29, 1.82) is 0 Å². The van der Waals surface area contributed by atoms with Crippen molar-refractivity contribution in [2.75, 3.05) is 19.2 Å². The first-order chi connectivity index (χ1) is 17.1. The third kappa shape index (κ3) is 5.45. The fourth-order valence-electron chi connectivity index (χ4n) is 3.17. The quantitative estimate of drug-likeness (QED) is 0.334. The molecule has 0 aliphatic heterocycles. The normalized spacial score (nSPS) is 10.3. The predicted molar refractivity (Wildman–Crippen MR) is 130 cm³/mol. The van der Waals surface area contributed by atoms with Gasteiger partial charge in [-0.3, -0.25) is 35.2 Å². The first-order valence-corrected chi connectivity index (χ1v) is 10.6. The largest absolute Gasteiger partial charge is 0.496 e. The second-order valence-electron chi connectivity index (χ2n) is 6.96. The van der Waals surface area contributed by atoms with Gasteiger partial charge in [-0.1, -0.05) is 23.2 Å². The zero-order chi connectivity index (χ0) is 26.6. The van der Waals surface area contributed by atoms with Gasteiger partial charge in [0.15, 0.2) is 0 Å². The van der Waals surface area contributed by atoms with Crippen LogP contribution >= 0.6 is 23.2 Å². The van der Waals surface area contributed by atoms with Gasteiger partial charge < -0.3 is 9.47 Å². The first kappa shape index (κ1) is 26.2. The molecule has 0 aromatic heterocycles. The van der Waals surface area contributed by atoms with E-state index in [0.717, 1.165) is 12.1 Å². The van der Waals surface area contributed by atoms with E-state index in [0.29, 0.717) is 11.1 Å². The molecule has 0 saturated carbocycles. The van der Waals surface area contributed by atoms with Gasteiger partial charge in [0.25, 0.3) is 17.5 Å². The Morgan fingerprint density at radius 1 is 0.833 bits per heavy atom. The summed E-state index contributed by atoms with van der Waals surface area (Å²) >= 11 is 12.0. The summed E-state index contributed by atoms with van der Waals surface area (Å²) in [4.78, 5) is 48.0. The van der Waals surface area contributed by atoms with Gasteiger partial charge in [0, 0.05) is 16.1 Å². The molecule has 0 bridgehead atoms. The third-order valence-corrected chi connectivity index (χ3v) is 5.29. The summed E-state index contributed by atoms with van der Waals surface area (Å²) in [5.41, 5.74) is 0.165. The zero-order valence-electron chi connectivity index (χ0n) is 18.6. The number of hydrogen-bond acceptors (Lipinski definition) is 8. The van der Waals surface area contributed by atoms with Crippen molar-refractivity contribution in [1.82, 2.24) is 5.43 Å². The van der Waals surface area contributed by atoms with Crippen molar-refractivity contribution < 1.29 is 28.9 Å². The summed E-state index contributed by atoms with van der Waals surface area (Å²) in [7, 11) is 2.59. The number of hydrazine groups is 1. The molecule has 186 valence electrons. The zero-order valence-corrected chi connectivity index (χ0v) is 20.1. The number of methoxy groups -OCH3 is 2. The molecule has 0 unspecified atom stereocenters. The highest BCUT2D eigenvalue weighted by Crippen LogP contribution is 2.34. The molecule has 2 amide bonds. The van der Waals surface area contributed by atoms with E-state index in [1.54, 1.807) is 0 Å². The van der Waals surface area contributed by atoms with E-state index in [2.05, 4.69) is 5.43 Å². The molecule has 0 spiro atoms. The minimum absolute atomic E-state index is 0.0496. The average molecular weight is 535 g/mol. The molecule has 0 atom stereocenters. The van der Waals surface area contributed by atoms with E-state index in [1.807, 2.05) is 0 Å². The maximum atomic E-state index is 13.6.